The van der Waals surface area contributed by atoms with Crippen molar-refractivity contribution in [1.29, 1.82) is 0 Å². The van der Waals surface area contributed by atoms with Gasteiger partial charge in [-0.15, -0.1) is 0 Å². The van der Waals surface area contributed by atoms with Crippen molar-refractivity contribution in [2.75, 3.05) is 6.54 Å². The van der Waals surface area contributed by atoms with Gasteiger partial charge in [0.05, 0.1) is 0 Å². The third kappa shape index (κ3) is 2.05. The Morgan fingerprint density at radius 2 is 2.07 bits per heavy atom. The number of ether oxygens (including phenoxy) is 1. The van der Waals surface area contributed by atoms with E-state index in [2.05, 4.69) is 5.32 Å². The Bertz CT molecular complexity index is 310. The number of piperidine rings is 1. The highest BCUT2D eigenvalue weighted by Crippen LogP contribution is 2.15. The molecule has 1 aliphatic heterocycles. The van der Waals surface area contributed by atoms with E-state index in [0.717, 1.165) is 18.6 Å². The maximum atomic E-state index is 11.3. The van der Waals surface area contributed by atoms with E-state index in [9.17, 15) is 4.79 Å². The summed E-state index contributed by atoms with van der Waals surface area (Å²) in [7, 11) is 0. The molecule has 1 aromatic carbocycles. The van der Waals surface area contributed by atoms with Crippen LogP contribution in [-0.4, -0.2) is 18.6 Å². The minimum atomic E-state index is -0.369. The molecule has 1 radical (unpaired) electrons. The van der Waals surface area contributed by atoms with Crippen LogP contribution in [0.3, 0.4) is 0 Å². The molecule has 1 atom stereocenters. The lowest BCUT2D eigenvalue weighted by molar-refractivity contribution is -0.130. The molecular weight excluding hydrogens is 178 g/mol. The summed E-state index contributed by atoms with van der Waals surface area (Å²) in [6.07, 6.45) is 1.34. The third-order valence-electron chi connectivity index (χ3n) is 2.19. The first-order valence-corrected chi connectivity index (χ1v) is 4.79. The standard InChI is InChI=1S/C11H12NO2/c13-11-10(7-4-8-12-11)14-9-5-2-1-3-6-9/h1-3,5-6,10H,4,7-8H2. The van der Waals surface area contributed by atoms with Gasteiger partial charge in [-0.05, 0) is 25.0 Å². The van der Waals surface area contributed by atoms with E-state index in [4.69, 9.17) is 4.74 Å². The SMILES string of the molecule is O=C1[N]CCCC1Oc1ccccc1. The molecule has 1 amide bonds. The number of amides is 1. The molecule has 1 aliphatic rings. The second kappa shape index (κ2) is 4.13. The van der Waals surface area contributed by atoms with Crippen molar-refractivity contribution >= 4 is 5.91 Å². The van der Waals surface area contributed by atoms with Gasteiger partial charge in [0.2, 0.25) is 0 Å². The summed E-state index contributed by atoms with van der Waals surface area (Å²) in [6, 6.07) is 9.39. The molecule has 73 valence electrons. The monoisotopic (exact) mass is 190 g/mol. The van der Waals surface area contributed by atoms with Crippen molar-refractivity contribution in [2.24, 2.45) is 0 Å². The molecule has 0 aliphatic carbocycles. The van der Waals surface area contributed by atoms with Gasteiger partial charge in [-0.2, -0.15) is 0 Å². The van der Waals surface area contributed by atoms with Gasteiger partial charge in [-0.1, -0.05) is 18.2 Å². The second-order valence-electron chi connectivity index (χ2n) is 3.28. The zero-order chi connectivity index (χ0) is 9.80. The molecule has 1 aromatic rings. The smallest absolute Gasteiger partial charge is 0.282 e. The van der Waals surface area contributed by atoms with Crippen LogP contribution >= 0.6 is 0 Å². The van der Waals surface area contributed by atoms with Crippen LogP contribution in [0.5, 0.6) is 5.75 Å². The van der Waals surface area contributed by atoms with E-state index in [1.54, 1.807) is 0 Å². The second-order valence-corrected chi connectivity index (χ2v) is 3.28. The van der Waals surface area contributed by atoms with E-state index >= 15 is 0 Å². The van der Waals surface area contributed by atoms with Crippen LogP contribution in [0.4, 0.5) is 0 Å². The fourth-order valence-electron chi connectivity index (χ4n) is 1.46. The minimum absolute atomic E-state index is 0.125. The lowest BCUT2D eigenvalue weighted by Crippen LogP contribution is -2.39. The van der Waals surface area contributed by atoms with Crippen molar-refractivity contribution in [1.82, 2.24) is 5.32 Å². The summed E-state index contributed by atoms with van der Waals surface area (Å²) in [5.74, 6) is 0.614. The Morgan fingerprint density at radius 1 is 1.29 bits per heavy atom. The van der Waals surface area contributed by atoms with Crippen LogP contribution in [0.15, 0.2) is 30.3 Å². The number of carbonyl (C=O) groups is 1. The number of para-hydroxylation sites is 1. The molecule has 2 rings (SSSR count). The van der Waals surface area contributed by atoms with E-state index in [0.29, 0.717) is 6.54 Å². The van der Waals surface area contributed by atoms with Crippen LogP contribution in [0, 0.1) is 0 Å². The first kappa shape index (κ1) is 9.06. The molecule has 0 N–H and O–H groups in total. The van der Waals surface area contributed by atoms with Gasteiger partial charge in [-0.25, -0.2) is 5.32 Å². The van der Waals surface area contributed by atoms with Crippen LogP contribution < -0.4 is 10.1 Å². The highest BCUT2D eigenvalue weighted by atomic mass is 16.5. The average Bonchev–Trinajstić information content (AvgIpc) is 2.23. The highest BCUT2D eigenvalue weighted by Gasteiger charge is 2.24. The molecule has 0 saturated carbocycles. The first-order valence-electron chi connectivity index (χ1n) is 4.79. The number of hydrogen-bond donors (Lipinski definition) is 0. The Labute approximate surface area is 83.1 Å². The van der Waals surface area contributed by atoms with Gasteiger partial charge in [0.25, 0.3) is 5.91 Å². The summed E-state index contributed by atoms with van der Waals surface area (Å²) in [5, 5.41) is 3.84. The quantitative estimate of drug-likeness (QED) is 0.706. The number of nitrogens with zero attached hydrogens (tertiary/aromatic N) is 1. The molecule has 1 unspecified atom stereocenters. The van der Waals surface area contributed by atoms with Crippen molar-refractivity contribution in [3.63, 3.8) is 0 Å². The molecular formula is C11H12NO2. The van der Waals surface area contributed by atoms with Gasteiger partial charge >= 0.3 is 0 Å². The molecule has 1 saturated heterocycles. The first-order chi connectivity index (χ1) is 6.86. The van der Waals surface area contributed by atoms with Gasteiger partial charge in [-0.3, -0.25) is 4.79 Å². The Balaban J connectivity index is 2.00. The van der Waals surface area contributed by atoms with Crippen LogP contribution in [0.2, 0.25) is 0 Å². The Kier molecular flexibility index (Phi) is 2.68. The molecule has 0 spiro atoms. The molecule has 14 heavy (non-hydrogen) atoms. The van der Waals surface area contributed by atoms with Crippen molar-refractivity contribution in [3.8, 4) is 5.75 Å². The summed E-state index contributed by atoms with van der Waals surface area (Å²) in [4.78, 5) is 11.3. The Hall–Kier alpha value is -1.51. The maximum absolute atomic E-state index is 11.3. The van der Waals surface area contributed by atoms with Gasteiger partial charge < -0.3 is 4.74 Å². The zero-order valence-corrected chi connectivity index (χ0v) is 7.85. The molecule has 3 heteroatoms. The largest absolute Gasteiger partial charge is 0.481 e. The predicted molar refractivity (Wildman–Crippen MR) is 52.1 cm³/mol. The average molecular weight is 190 g/mol. The van der Waals surface area contributed by atoms with E-state index in [1.807, 2.05) is 30.3 Å². The van der Waals surface area contributed by atoms with Crippen molar-refractivity contribution in [2.45, 2.75) is 18.9 Å². The normalized spacial score (nSPS) is 21.4. The lowest BCUT2D eigenvalue weighted by atomic mass is 10.1. The fraction of sp³-hybridized carbons (Fsp3) is 0.364. The molecule has 3 nitrogen and oxygen atoms in total. The minimum Gasteiger partial charge on any atom is -0.481 e. The Morgan fingerprint density at radius 3 is 2.79 bits per heavy atom. The number of hydrogen-bond acceptors (Lipinski definition) is 2. The van der Waals surface area contributed by atoms with Gasteiger partial charge in [0.15, 0.2) is 6.10 Å². The van der Waals surface area contributed by atoms with E-state index in [-0.39, 0.29) is 12.0 Å². The zero-order valence-electron chi connectivity index (χ0n) is 7.85. The number of benzene rings is 1. The number of carbonyl (C=O) groups excluding carboxylic acids is 1. The number of rotatable bonds is 2. The summed E-state index contributed by atoms with van der Waals surface area (Å²) < 4.78 is 5.52. The van der Waals surface area contributed by atoms with Gasteiger partial charge in [0, 0.05) is 6.54 Å². The molecule has 0 aromatic heterocycles. The third-order valence-corrected chi connectivity index (χ3v) is 2.19. The fourth-order valence-corrected chi connectivity index (χ4v) is 1.46. The highest BCUT2D eigenvalue weighted by molar-refractivity contribution is 5.81. The molecule has 0 bridgehead atoms. The summed E-state index contributed by atoms with van der Waals surface area (Å²) in [6.45, 7) is 0.646. The van der Waals surface area contributed by atoms with E-state index in [1.165, 1.54) is 0 Å². The lowest BCUT2D eigenvalue weighted by Gasteiger charge is -2.21. The van der Waals surface area contributed by atoms with Crippen molar-refractivity contribution in [3.05, 3.63) is 30.3 Å². The summed E-state index contributed by atoms with van der Waals surface area (Å²) >= 11 is 0. The van der Waals surface area contributed by atoms with Crippen molar-refractivity contribution < 1.29 is 9.53 Å². The predicted octanol–water partition coefficient (Wildman–Crippen LogP) is 1.36. The van der Waals surface area contributed by atoms with Gasteiger partial charge in [0.1, 0.15) is 5.75 Å². The maximum Gasteiger partial charge on any atom is 0.282 e. The summed E-state index contributed by atoms with van der Waals surface area (Å²) in [5.41, 5.74) is 0. The topological polar surface area (TPSA) is 40.4 Å². The van der Waals surface area contributed by atoms with Crippen LogP contribution in [-0.2, 0) is 4.79 Å². The van der Waals surface area contributed by atoms with Crippen LogP contribution in [0.25, 0.3) is 0 Å². The molecule has 1 heterocycles. The van der Waals surface area contributed by atoms with Crippen LogP contribution in [0.1, 0.15) is 12.8 Å². The van der Waals surface area contributed by atoms with E-state index < -0.39 is 0 Å². The molecule has 1 fully saturated rings.